The van der Waals surface area contributed by atoms with E-state index in [1.165, 1.54) is 0 Å². The highest BCUT2D eigenvalue weighted by atomic mass is 16.5. The van der Waals surface area contributed by atoms with Crippen molar-refractivity contribution in [2.45, 2.75) is 0 Å². The van der Waals surface area contributed by atoms with Gasteiger partial charge in [-0.2, -0.15) is 0 Å². The van der Waals surface area contributed by atoms with Gasteiger partial charge in [0.2, 0.25) is 12.3 Å². The Morgan fingerprint density at radius 2 is 1.83 bits per heavy atom. The Morgan fingerprint density at radius 3 is 2.30 bits per heavy atom. The fraction of sp³-hybridized carbons (Fsp3) is 0.316. The van der Waals surface area contributed by atoms with Crippen molar-refractivity contribution in [1.82, 2.24) is 9.88 Å². The van der Waals surface area contributed by atoms with Crippen LogP contribution < -0.4 is 33.0 Å². The number of amides is 2. The SMILES string of the molecule is COc1ccccc1N.NCC(=O)Nc1ccc(N)c(N)n1.O=CN1CCOCC1. The van der Waals surface area contributed by atoms with Gasteiger partial charge in [-0.05, 0) is 24.3 Å². The fourth-order valence-corrected chi connectivity index (χ4v) is 2.10. The first-order valence-corrected chi connectivity index (χ1v) is 9.08. The lowest BCUT2D eigenvalue weighted by atomic mass is 10.3. The van der Waals surface area contributed by atoms with Gasteiger partial charge in [-0.3, -0.25) is 9.59 Å². The van der Waals surface area contributed by atoms with Gasteiger partial charge in [0.1, 0.15) is 17.4 Å². The molecule has 3 rings (SSSR count). The number of carbonyl (C=O) groups excluding carboxylic acids is 2. The van der Waals surface area contributed by atoms with E-state index in [1.54, 1.807) is 30.2 Å². The van der Waals surface area contributed by atoms with Crippen molar-refractivity contribution < 1.29 is 19.1 Å². The summed E-state index contributed by atoms with van der Waals surface area (Å²) in [6.45, 7) is 2.80. The highest BCUT2D eigenvalue weighted by Gasteiger charge is 2.05. The van der Waals surface area contributed by atoms with E-state index in [0.717, 1.165) is 25.2 Å². The average Bonchev–Trinajstić information content (AvgIpc) is 2.78. The van der Waals surface area contributed by atoms with Crippen molar-refractivity contribution in [2.75, 3.05) is 62.5 Å². The molecular weight excluding hydrogens is 390 g/mol. The number of ether oxygens (including phenoxy) is 2. The number of nitrogens with two attached hydrogens (primary N) is 4. The number of hydrogen-bond donors (Lipinski definition) is 5. The first kappa shape index (κ1) is 24.5. The molecule has 0 aliphatic carbocycles. The topological polar surface area (TPSA) is 185 Å². The van der Waals surface area contributed by atoms with Crippen molar-refractivity contribution in [3.63, 3.8) is 0 Å². The fourth-order valence-electron chi connectivity index (χ4n) is 2.10. The van der Waals surface area contributed by atoms with Crippen LogP contribution in [-0.4, -0.2) is 62.2 Å². The smallest absolute Gasteiger partial charge is 0.239 e. The van der Waals surface area contributed by atoms with Gasteiger partial charge in [0.05, 0.1) is 38.2 Å². The predicted octanol–water partition coefficient (Wildman–Crippen LogP) is -0.104. The summed E-state index contributed by atoms with van der Waals surface area (Å²) in [5, 5.41) is 2.45. The van der Waals surface area contributed by atoms with Crippen LogP contribution in [0, 0.1) is 0 Å². The Morgan fingerprint density at radius 1 is 1.17 bits per heavy atom. The summed E-state index contributed by atoms with van der Waals surface area (Å²) >= 11 is 0. The Labute approximate surface area is 175 Å². The summed E-state index contributed by atoms with van der Waals surface area (Å²) in [6.07, 6.45) is 0.864. The standard InChI is InChI=1S/C7H11N5O.C7H9NO.C5H9NO2/c8-3-6(13)11-5-2-1-4(9)7(10)12-5;1-9-7-5-3-2-4-6(7)8;7-5-6-1-3-8-4-2-6/h1-2H,3,8-9H2,(H3,10,11,12,13);2-5H,8H2,1H3;5H,1-4H2. The van der Waals surface area contributed by atoms with E-state index in [9.17, 15) is 9.59 Å². The third-order valence-electron chi connectivity index (χ3n) is 3.74. The number of rotatable bonds is 4. The number of benzene rings is 1. The van der Waals surface area contributed by atoms with Crippen LogP contribution in [0.25, 0.3) is 0 Å². The highest BCUT2D eigenvalue weighted by molar-refractivity contribution is 5.91. The number of nitrogens with one attached hydrogen (secondary N) is 1. The molecule has 11 heteroatoms. The quantitative estimate of drug-likeness (QED) is 0.333. The molecule has 30 heavy (non-hydrogen) atoms. The molecule has 1 aromatic carbocycles. The summed E-state index contributed by atoms with van der Waals surface area (Å²) in [7, 11) is 1.60. The Hall–Kier alpha value is -3.57. The molecule has 11 nitrogen and oxygen atoms in total. The number of anilines is 4. The molecule has 1 aliphatic rings. The van der Waals surface area contributed by atoms with E-state index in [-0.39, 0.29) is 18.3 Å². The number of pyridine rings is 1. The molecule has 0 spiro atoms. The number of nitrogen functional groups attached to an aromatic ring is 3. The molecule has 164 valence electrons. The van der Waals surface area contributed by atoms with Crippen LogP contribution in [0.4, 0.5) is 23.0 Å². The van der Waals surface area contributed by atoms with Crippen molar-refractivity contribution in [1.29, 1.82) is 0 Å². The number of nitrogens with zero attached hydrogens (tertiary/aromatic N) is 2. The maximum atomic E-state index is 10.8. The second-order valence-electron chi connectivity index (χ2n) is 5.92. The molecular formula is C19H29N7O4. The van der Waals surface area contributed by atoms with Crippen molar-refractivity contribution in [2.24, 2.45) is 5.73 Å². The van der Waals surface area contributed by atoms with Gasteiger partial charge in [0, 0.05) is 13.1 Å². The summed E-state index contributed by atoms with van der Waals surface area (Å²) < 4.78 is 9.92. The van der Waals surface area contributed by atoms with E-state index in [2.05, 4.69) is 10.3 Å². The molecule has 1 aromatic heterocycles. The Bertz CT molecular complexity index is 798. The van der Waals surface area contributed by atoms with Gasteiger partial charge in [0.15, 0.2) is 0 Å². The maximum Gasteiger partial charge on any atom is 0.239 e. The van der Waals surface area contributed by atoms with E-state index in [4.69, 9.17) is 32.4 Å². The molecule has 0 unspecified atom stereocenters. The van der Waals surface area contributed by atoms with Crippen LogP contribution in [0.15, 0.2) is 36.4 Å². The third kappa shape index (κ3) is 9.08. The molecule has 2 heterocycles. The van der Waals surface area contributed by atoms with Crippen LogP contribution in [0.2, 0.25) is 0 Å². The molecule has 0 atom stereocenters. The highest BCUT2D eigenvalue weighted by Crippen LogP contribution is 2.18. The van der Waals surface area contributed by atoms with Gasteiger partial charge in [0.25, 0.3) is 0 Å². The molecule has 1 fully saturated rings. The average molecular weight is 419 g/mol. The number of aromatic nitrogens is 1. The first-order valence-electron chi connectivity index (χ1n) is 9.08. The minimum Gasteiger partial charge on any atom is -0.495 e. The Kier molecular flexibility index (Phi) is 11.1. The van der Waals surface area contributed by atoms with E-state index in [1.807, 2.05) is 18.2 Å². The number of morpholine rings is 1. The zero-order chi connectivity index (χ0) is 22.4. The summed E-state index contributed by atoms with van der Waals surface area (Å²) in [6, 6.07) is 10.5. The van der Waals surface area contributed by atoms with Crippen LogP contribution in [0.1, 0.15) is 0 Å². The van der Waals surface area contributed by atoms with Gasteiger partial charge in [-0.1, -0.05) is 12.1 Å². The van der Waals surface area contributed by atoms with Crippen LogP contribution in [0.3, 0.4) is 0 Å². The third-order valence-corrected chi connectivity index (χ3v) is 3.74. The molecule has 2 amide bonds. The zero-order valence-electron chi connectivity index (χ0n) is 16.9. The monoisotopic (exact) mass is 419 g/mol. The second kappa shape index (κ2) is 13.6. The molecule has 9 N–H and O–H groups in total. The molecule has 0 saturated carbocycles. The zero-order valence-corrected chi connectivity index (χ0v) is 16.9. The predicted molar refractivity (Wildman–Crippen MR) is 117 cm³/mol. The number of carbonyl (C=O) groups is 2. The van der Waals surface area contributed by atoms with Crippen molar-refractivity contribution >= 4 is 35.3 Å². The van der Waals surface area contributed by atoms with Crippen molar-refractivity contribution in [3.05, 3.63) is 36.4 Å². The summed E-state index contributed by atoms with van der Waals surface area (Å²) in [5.41, 5.74) is 22.5. The lowest BCUT2D eigenvalue weighted by molar-refractivity contribution is -0.121. The van der Waals surface area contributed by atoms with Crippen LogP contribution >= 0.6 is 0 Å². The number of para-hydroxylation sites is 2. The summed E-state index contributed by atoms with van der Waals surface area (Å²) in [5.74, 6) is 0.950. The lowest BCUT2D eigenvalue weighted by Gasteiger charge is -2.21. The molecule has 0 bridgehead atoms. The second-order valence-corrected chi connectivity index (χ2v) is 5.92. The molecule has 0 radical (unpaired) electrons. The minimum absolute atomic E-state index is 0.0913. The van der Waals surface area contributed by atoms with Gasteiger partial charge in [-0.15, -0.1) is 0 Å². The normalized spacial score (nSPS) is 12.4. The largest absolute Gasteiger partial charge is 0.495 e. The number of methoxy groups -OCH3 is 1. The van der Waals surface area contributed by atoms with Gasteiger partial charge >= 0.3 is 0 Å². The minimum atomic E-state index is -0.323. The first-order chi connectivity index (χ1) is 14.4. The van der Waals surface area contributed by atoms with E-state index in [0.29, 0.717) is 30.4 Å². The molecule has 2 aromatic rings. The van der Waals surface area contributed by atoms with Gasteiger partial charge < -0.3 is 42.6 Å². The Balaban J connectivity index is 0.000000234. The van der Waals surface area contributed by atoms with E-state index < -0.39 is 0 Å². The lowest BCUT2D eigenvalue weighted by Crippen LogP contribution is -2.34. The number of hydrogen-bond acceptors (Lipinski definition) is 9. The molecule has 1 saturated heterocycles. The van der Waals surface area contributed by atoms with Crippen LogP contribution in [-0.2, 0) is 14.3 Å². The summed E-state index contributed by atoms with van der Waals surface area (Å²) in [4.78, 5) is 26.4. The van der Waals surface area contributed by atoms with Gasteiger partial charge in [-0.25, -0.2) is 4.98 Å². The van der Waals surface area contributed by atoms with Crippen LogP contribution in [0.5, 0.6) is 5.75 Å². The van der Waals surface area contributed by atoms with Crippen molar-refractivity contribution in [3.8, 4) is 5.75 Å². The van der Waals surface area contributed by atoms with E-state index >= 15 is 0 Å². The molecule has 1 aliphatic heterocycles. The maximum absolute atomic E-state index is 10.8.